The van der Waals surface area contributed by atoms with Gasteiger partial charge in [0.25, 0.3) is 5.69 Å². The van der Waals surface area contributed by atoms with Crippen LogP contribution in [0.15, 0.2) is 18.2 Å². The van der Waals surface area contributed by atoms with Crippen molar-refractivity contribution in [1.82, 2.24) is 5.32 Å². The molecule has 1 aromatic rings. The van der Waals surface area contributed by atoms with Gasteiger partial charge in [0, 0.05) is 24.6 Å². The van der Waals surface area contributed by atoms with Crippen LogP contribution in [0, 0.1) is 16.0 Å². The topological polar surface area (TPSA) is 64.4 Å². The molecule has 0 aromatic heterocycles. The number of halogens is 1. The van der Waals surface area contributed by atoms with E-state index in [0.29, 0.717) is 18.3 Å². The Morgan fingerprint density at radius 3 is 3.00 bits per heavy atom. The molecule has 1 aliphatic rings. The molecule has 0 aliphatic carbocycles. The highest BCUT2D eigenvalue weighted by atomic mass is 35.5. The molecule has 0 amide bonds. The molecular formula is C11H13ClN2O3. The van der Waals surface area contributed by atoms with Gasteiger partial charge in [-0.15, -0.1) is 0 Å². The summed E-state index contributed by atoms with van der Waals surface area (Å²) in [6.07, 6.45) is 1.09. The van der Waals surface area contributed by atoms with Crippen molar-refractivity contribution < 1.29 is 9.66 Å². The van der Waals surface area contributed by atoms with E-state index < -0.39 is 4.92 Å². The number of hydrogen-bond acceptors (Lipinski definition) is 4. The first-order chi connectivity index (χ1) is 8.16. The fourth-order valence-electron chi connectivity index (χ4n) is 1.78. The van der Waals surface area contributed by atoms with E-state index in [-0.39, 0.29) is 10.7 Å². The van der Waals surface area contributed by atoms with Gasteiger partial charge in [-0.3, -0.25) is 10.1 Å². The SMILES string of the molecule is O=[N+]([O-])c1ccc(OC[C@@H]2CCNC2)c(Cl)c1. The van der Waals surface area contributed by atoms with Gasteiger partial charge < -0.3 is 10.1 Å². The van der Waals surface area contributed by atoms with Crippen molar-refractivity contribution in [3.63, 3.8) is 0 Å². The summed E-state index contributed by atoms with van der Waals surface area (Å²) in [4.78, 5) is 10.1. The van der Waals surface area contributed by atoms with E-state index in [1.54, 1.807) is 6.07 Å². The van der Waals surface area contributed by atoms with Gasteiger partial charge in [-0.2, -0.15) is 0 Å². The van der Waals surface area contributed by atoms with Gasteiger partial charge in [0.2, 0.25) is 0 Å². The summed E-state index contributed by atoms with van der Waals surface area (Å²) < 4.78 is 5.56. The minimum absolute atomic E-state index is 0.0233. The summed E-state index contributed by atoms with van der Waals surface area (Å²) in [6, 6.07) is 4.25. The van der Waals surface area contributed by atoms with Gasteiger partial charge in [0.1, 0.15) is 5.75 Å². The van der Waals surface area contributed by atoms with Crippen LogP contribution in [0.25, 0.3) is 0 Å². The van der Waals surface area contributed by atoms with Crippen LogP contribution in [0.2, 0.25) is 5.02 Å². The van der Waals surface area contributed by atoms with Crippen molar-refractivity contribution in [2.24, 2.45) is 5.92 Å². The average Bonchev–Trinajstić information content (AvgIpc) is 2.80. The number of nitrogens with one attached hydrogen (secondary N) is 1. The van der Waals surface area contributed by atoms with Crippen LogP contribution in [0.1, 0.15) is 6.42 Å². The summed E-state index contributed by atoms with van der Waals surface area (Å²) in [5.74, 6) is 0.991. The lowest BCUT2D eigenvalue weighted by Gasteiger charge is -2.11. The summed E-state index contributed by atoms with van der Waals surface area (Å²) in [6.45, 7) is 2.55. The van der Waals surface area contributed by atoms with Crippen molar-refractivity contribution in [1.29, 1.82) is 0 Å². The molecule has 0 spiro atoms. The van der Waals surface area contributed by atoms with E-state index in [0.717, 1.165) is 19.5 Å². The predicted octanol–water partition coefficient (Wildman–Crippen LogP) is 2.24. The van der Waals surface area contributed by atoms with Crippen LogP contribution in [0.3, 0.4) is 0 Å². The van der Waals surface area contributed by atoms with Crippen LogP contribution in [-0.2, 0) is 0 Å². The number of hydrogen-bond donors (Lipinski definition) is 1. The molecule has 1 atom stereocenters. The van der Waals surface area contributed by atoms with E-state index in [1.807, 2.05) is 0 Å². The summed E-state index contributed by atoms with van der Waals surface area (Å²) in [5.41, 5.74) is -0.0233. The molecule has 1 N–H and O–H groups in total. The van der Waals surface area contributed by atoms with Crippen molar-refractivity contribution in [2.75, 3.05) is 19.7 Å². The lowest BCUT2D eigenvalue weighted by molar-refractivity contribution is -0.384. The lowest BCUT2D eigenvalue weighted by Crippen LogP contribution is -2.15. The Bertz CT molecular complexity index is 419. The van der Waals surface area contributed by atoms with Crippen molar-refractivity contribution in [3.8, 4) is 5.75 Å². The van der Waals surface area contributed by atoms with Crippen LogP contribution in [0.4, 0.5) is 5.69 Å². The number of nitro benzene ring substituents is 1. The number of non-ortho nitro benzene ring substituents is 1. The van der Waals surface area contributed by atoms with E-state index in [2.05, 4.69) is 5.32 Å². The summed E-state index contributed by atoms with van der Waals surface area (Å²) in [7, 11) is 0. The Morgan fingerprint density at radius 1 is 1.59 bits per heavy atom. The van der Waals surface area contributed by atoms with E-state index in [9.17, 15) is 10.1 Å². The Hall–Kier alpha value is -1.33. The zero-order valence-corrected chi connectivity index (χ0v) is 9.94. The zero-order chi connectivity index (χ0) is 12.3. The molecular weight excluding hydrogens is 244 g/mol. The Morgan fingerprint density at radius 2 is 2.41 bits per heavy atom. The fraction of sp³-hybridized carbons (Fsp3) is 0.455. The standard InChI is InChI=1S/C11H13ClN2O3/c12-10-5-9(14(15)16)1-2-11(10)17-7-8-3-4-13-6-8/h1-2,5,8,13H,3-4,6-7H2/t8-/m1/s1. The first-order valence-electron chi connectivity index (χ1n) is 5.44. The molecule has 5 nitrogen and oxygen atoms in total. The van der Waals surface area contributed by atoms with Gasteiger partial charge >= 0.3 is 0 Å². The van der Waals surface area contributed by atoms with E-state index in [1.165, 1.54) is 12.1 Å². The Kier molecular flexibility index (Phi) is 3.81. The number of benzene rings is 1. The molecule has 1 fully saturated rings. The van der Waals surface area contributed by atoms with Crippen LogP contribution in [0.5, 0.6) is 5.75 Å². The summed E-state index contributed by atoms with van der Waals surface area (Å²) >= 11 is 5.91. The molecule has 1 aliphatic heterocycles. The monoisotopic (exact) mass is 256 g/mol. The van der Waals surface area contributed by atoms with Gasteiger partial charge in [-0.25, -0.2) is 0 Å². The first kappa shape index (κ1) is 12.1. The number of ether oxygens (including phenoxy) is 1. The van der Waals surface area contributed by atoms with Gasteiger partial charge in [-0.1, -0.05) is 11.6 Å². The van der Waals surface area contributed by atoms with Gasteiger partial charge in [-0.05, 0) is 19.0 Å². The van der Waals surface area contributed by atoms with E-state index in [4.69, 9.17) is 16.3 Å². The minimum Gasteiger partial charge on any atom is -0.492 e. The minimum atomic E-state index is -0.476. The van der Waals surface area contributed by atoms with E-state index >= 15 is 0 Å². The second-order valence-electron chi connectivity index (χ2n) is 4.04. The molecule has 6 heteroatoms. The fourth-order valence-corrected chi connectivity index (χ4v) is 2.01. The molecule has 0 saturated carbocycles. The maximum Gasteiger partial charge on any atom is 0.271 e. The third-order valence-corrected chi connectivity index (χ3v) is 3.06. The molecule has 1 saturated heterocycles. The first-order valence-corrected chi connectivity index (χ1v) is 5.82. The average molecular weight is 257 g/mol. The van der Waals surface area contributed by atoms with Gasteiger partial charge in [0.05, 0.1) is 16.6 Å². The van der Waals surface area contributed by atoms with Crippen LogP contribution in [-0.4, -0.2) is 24.6 Å². The highest BCUT2D eigenvalue weighted by molar-refractivity contribution is 6.32. The normalized spacial score (nSPS) is 19.2. The lowest BCUT2D eigenvalue weighted by atomic mass is 10.1. The highest BCUT2D eigenvalue weighted by Gasteiger charge is 2.16. The van der Waals surface area contributed by atoms with Crippen LogP contribution < -0.4 is 10.1 Å². The third kappa shape index (κ3) is 3.08. The largest absolute Gasteiger partial charge is 0.492 e. The van der Waals surface area contributed by atoms with Crippen LogP contribution >= 0.6 is 11.6 Å². The predicted molar refractivity (Wildman–Crippen MR) is 64.6 cm³/mol. The highest BCUT2D eigenvalue weighted by Crippen LogP contribution is 2.29. The molecule has 92 valence electrons. The smallest absolute Gasteiger partial charge is 0.271 e. The van der Waals surface area contributed by atoms with Crippen molar-refractivity contribution in [3.05, 3.63) is 33.3 Å². The maximum absolute atomic E-state index is 10.5. The summed E-state index contributed by atoms with van der Waals surface area (Å²) in [5, 5.41) is 14.1. The molecule has 1 aromatic carbocycles. The second kappa shape index (κ2) is 5.33. The molecule has 0 bridgehead atoms. The number of nitrogens with zero attached hydrogens (tertiary/aromatic N) is 1. The molecule has 0 radical (unpaired) electrons. The molecule has 17 heavy (non-hydrogen) atoms. The zero-order valence-electron chi connectivity index (χ0n) is 9.19. The molecule has 1 heterocycles. The third-order valence-electron chi connectivity index (χ3n) is 2.76. The van der Waals surface area contributed by atoms with Crippen molar-refractivity contribution in [2.45, 2.75) is 6.42 Å². The molecule has 0 unspecified atom stereocenters. The Balaban J connectivity index is 1.98. The number of rotatable bonds is 4. The second-order valence-corrected chi connectivity index (χ2v) is 4.45. The molecule has 2 rings (SSSR count). The maximum atomic E-state index is 10.5. The quantitative estimate of drug-likeness (QED) is 0.663. The number of nitro groups is 1. The Labute approximate surface area is 104 Å². The van der Waals surface area contributed by atoms with Gasteiger partial charge in [0.15, 0.2) is 0 Å². The van der Waals surface area contributed by atoms with Crippen molar-refractivity contribution >= 4 is 17.3 Å².